The standard InChI is InChI=1S/C22H25NO6/c1-22(2,3)21(26)23-15-11-9-14(10-12-15)17(24)13-29-20(25)16-7-6-8-18(27-4)19(16)28-5/h6-12H,13H2,1-5H3,(H,23,26). The SMILES string of the molecule is COc1cccc(C(=O)OCC(=O)c2ccc(NC(=O)C(C)(C)C)cc2)c1OC. The Hall–Kier alpha value is -3.35. The van der Waals surface area contributed by atoms with Gasteiger partial charge in [0.05, 0.1) is 14.2 Å². The number of rotatable bonds is 7. The van der Waals surface area contributed by atoms with E-state index in [-0.39, 0.29) is 23.0 Å². The van der Waals surface area contributed by atoms with Gasteiger partial charge in [-0.15, -0.1) is 0 Å². The third kappa shape index (κ3) is 5.57. The maximum atomic E-state index is 12.3. The molecule has 0 atom stereocenters. The first-order chi connectivity index (χ1) is 13.7. The topological polar surface area (TPSA) is 90.9 Å². The molecule has 0 spiro atoms. The number of carbonyl (C=O) groups is 3. The van der Waals surface area contributed by atoms with Gasteiger partial charge in [-0.2, -0.15) is 0 Å². The molecule has 154 valence electrons. The van der Waals surface area contributed by atoms with E-state index in [1.807, 2.05) is 20.8 Å². The number of benzene rings is 2. The third-order valence-electron chi connectivity index (χ3n) is 4.10. The molecule has 0 saturated carbocycles. The predicted molar refractivity (Wildman–Crippen MR) is 109 cm³/mol. The van der Waals surface area contributed by atoms with Crippen molar-refractivity contribution in [1.82, 2.24) is 0 Å². The summed E-state index contributed by atoms with van der Waals surface area (Å²) in [6.07, 6.45) is 0. The van der Waals surface area contributed by atoms with E-state index in [2.05, 4.69) is 5.32 Å². The summed E-state index contributed by atoms with van der Waals surface area (Å²) in [5.74, 6) is -0.553. The highest BCUT2D eigenvalue weighted by atomic mass is 16.5. The highest BCUT2D eigenvalue weighted by molar-refractivity contribution is 6.01. The Labute approximate surface area is 170 Å². The monoisotopic (exact) mass is 399 g/mol. The molecule has 0 saturated heterocycles. The van der Waals surface area contributed by atoms with Crippen molar-refractivity contribution in [2.45, 2.75) is 20.8 Å². The quantitative estimate of drug-likeness (QED) is 0.564. The number of ether oxygens (including phenoxy) is 3. The van der Waals surface area contributed by atoms with E-state index in [0.29, 0.717) is 17.0 Å². The summed E-state index contributed by atoms with van der Waals surface area (Å²) in [6, 6.07) is 11.2. The van der Waals surface area contributed by atoms with Gasteiger partial charge in [-0.3, -0.25) is 9.59 Å². The lowest BCUT2D eigenvalue weighted by molar-refractivity contribution is -0.123. The van der Waals surface area contributed by atoms with E-state index in [1.165, 1.54) is 20.3 Å². The Balaban J connectivity index is 2.01. The number of hydrogen-bond donors (Lipinski definition) is 1. The summed E-state index contributed by atoms with van der Waals surface area (Å²) in [6.45, 7) is 5.01. The molecule has 1 amide bonds. The zero-order valence-corrected chi connectivity index (χ0v) is 17.2. The Morgan fingerprint density at radius 3 is 2.14 bits per heavy atom. The van der Waals surface area contributed by atoms with Crippen LogP contribution in [-0.4, -0.2) is 38.5 Å². The molecule has 0 aromatic heterocycles. The van der Waals surface area contributed by atoms with Gasteiger partial charge in [-0.1, -0.05) is 26.8 Å². The number of Topliss-reactive ketones (excluding diaryl/α,β-unsaturated/α-hetero) is 1. The minimum absolute atomic E-state index is 0.127. The summed E-state index contributed by atoms with van der Waals surface area (Å²) < 4.78 is 15.5. The van der Waals surface area contributed by atoms with E-state index >= 15 is 0 Å². The van der Waals surface area contributed by atoms with E-state index in [0.717, 1.165) is 0 Å². The van der Waals surface area contributed by atoms with Crippen LogP contribution in [0.3, 0.4) is 0 Å². The van der Waals surface area contributed by atoms with Gasteiger partial charge in [0, 0.05) is 16.7 Å². The average molecular weight is 399 g/mol. The maximum absolute atomic E-state index is 12.3. The van der Waals surface area contributed by atoms with Gasteiger partial charge in [0.2, 0.25) is 5.91 Å². The van der Waals surface area contributed by atoms with Gasteiger partial charge < -0.3 is 19.5 Å². The van der Waals surface area contributed by atoms with Crippen LogP contribution in [0, 0.1) is 5.41 Å². The van der Waals surface area contributed by atoms with Gasteiger partial charge in [0.25, 0.3) is 0 Å². The zero-order valence-electron chi connectivity index (χ0n) is 17.2. The van der Waals surface area contributed by atoms with Crippen LogP contribution in [0.5, 0.6) is 11.5 Å². The van der Waals surface area contributed by atoms with E-state index in [1.54, 1.807) is 36.4 Å². The van der Waals surface area contributed by atoms with Crippen LogP contribution in [0.2, 0.25) is 0 Å². The minimum atomic E-state index is -0.692. The van der Waals surface area contributed by atoms with Crippen molar-refractivity contribution in [2.75, 3.05) is 26.1 Å². The summed E-state index contributed by atoms with van der Waals surface area (Å²) in [5.41, 5.74) is 0.591. The second-order valence-electron chi connectivity index (χ2n) is 7.32. The molecule has 0 aliphatic heterocycles. The first-order valence-electron chi connectivity index (χ1n) is 9.00. The molecule has 7 nitrogen and oxygen atoms in total. The van der Waals surface area contributed by atoms with Crippen LogP contribution in [0.25, 0.3) is 0 Å². The van der Waals surface area contributed by atoms with E-state index in [4.69, 9.17) is 14.2 Å². The van der Waals surface area contributed by atoms with Crippen molar-refractivity contribution < 1.29 is 28.6 Å². The molecule has 7 heteroatoms. The number of esters is 1. The molecule has 0 aliphatic carbocycles. The number of para-hydroxylation sites is 1. The Bertz CT molecular complexity index is 897. The molecule has 29 heavy (non-hydrogen) atoms. The van der Waals surface area contributed by atoms with Gasteiger partial charge >= 0.3 is 5.97 Å². The van der Waals surface area contributed by atoms with Gasteiger partial charge in [0.1, 0.15) is 5.56 Å². The number of hydrogen-bond acceptors (Lipinski definition) is 6. The Kier molecular flexibility index (Phi) is 6.98. The summed E-state index contributed by atoms with van der Waals surface area (Å²) in [7, 11) is 2.88. The van der Waals surface area contributed by atoms with Crippen LogP contribution in [0.4, 0.5) is 5.69 Å². The molecule has 2 aromatic rings. The molecule has 0 aliphatic rings. The number of anilines is 1. The molecule has 0 fully saturated rings. The number of methoxy groups -OCH3 is 2. The number of nitrogens with one attached hydrogen (secondary N) is 1. The Morgan fingerprint density at radius 2 is 1.59 bits per heavy atom. The largest absolute Gasteiger partial charge is 0.493 e. The fourth-order valence-electron chi connectivity index (χ4n) is 2.40. The molecule has 2 rings (SSSR count). The summed E-state index contributed by atoms with van der Waals surface area (Å²) >= 11 is 0. The molecule has 0 radical (unpaired) electrons. The van der Waals surface area contributed by atoms with Crippen LogP contribution in [-0.2, 0) is 9.53 Å². The molecule has 2 aromatic carbocycles. The molecule has 0 bridgehead atoms. The number of amides is 1. The van der Waals surface area contributed by atoms with Gasteiger partial charge in [-0.25, -0.2) is 4.79 Å². The number of ketones is 1. The Morgan fingerprint density at radius 1 is 0.931 bits per heavy atom. The van der Waals surface area contributed by atoms with Crippen LogP contribution in [0.1, 0.15) is 41.5 Å². The smallest absolute Gasteiger partial charge is 0.342 e. The van der Waals surface area contributed by atoms with Crippen LogP contribution in [0.15, 0.2) is 42.5 Å². The maximum Gasteiger partial charge on any atom is 0.342 e. The second kappa shape index (κ2) is 9.23. The molecule has 0 heterocycles. The normalized spacial score (nSPS) is 10.8. The summed E-state index contributed by atoms with van der Waals surface area (Å²) in [4.78, 5) is 36.7. The third-order valence-corrected chi connectivity index (χ3v) is 4.10. The minimum Gasteiger partial charge on any atom is -0.493 e. The molecular weight excluding hydrogens is 374 g/mol. The van der Waals surface area contributed by atoms with Gasteiger partial charge in [-0.05, 0) is 36.4 Å². The lowest BCUT2D eigenvalue weighted by Crippen LogP contribution is -2.27. The zero-order chi connectivity index (χ0) is 21.6. The van der Waals surface area contributed by atoms with Gasteiger partial charge in [0.15, 0.2) is 23.9 Å². The number of carbonyl (C=O) groups excluding carboxylic acids is 3. The highest BCUT2D eigenvalue weighted by Gasteiger charge is 2.21. The van der Waals surface area contributed by atoms with Crippen LogP contribution >= 0.6 is 0 Å². The van der Waals surface area contributed by atoms with Crippen molar-refractivity contribution in [3.63, 3.8) is 0 Å². The van der Waals surface area contributed by atoms with Crippen molar-refractivity contribution in [3.05, 3.63) is 53.6 Å². The molecule has 1 N–H and O–H groups in total. The summed E-state index contributed by atoms with van der Waals surface area (Å²) in [5, 5.41) is 2.78. The first kappa shape index (κ1) is 21.9. The van der Waals surface area contributed by atoms with Crippen molar-refractivity contribution in [2.24, 2.45) is 5.41 Å². The fourth-order valence-corrected chi connectivity index (χ4v) is 2.40. The lowest BCUT2D eigenvalue weighted by atomic mass is 9.95. The molecular formula is C22H25NO6. The molecule has 0 unspecified atom stereocenters. The lowest BCUT2D eigenvalue weighted by Gasteiger charge is -2.17. The van der Waals surface area contributed by atoms with Crippen LogP contribution < -0.4 is 14.8 Å². The first-order valence-corrected chi connectivity index (χ1v) is 9.00. The fraction of sp³-hybridized carbons (Fsp3) is 0.318. The second-order valence-corrected chi connectivity index (χ2v) is 7.32. The highest BCUT2D eigenvalue weighted by Crippen LogP contribution is 2.31. The average Bonchev–Trinajstić information content (AvgIpc) is 2.70. The van der Waals surface area contributed by atoms with Crippen molar-refractivity contribution in [3.8, 4) is 11.5 Å². The van der Waals surface area contributed by atoms with Crippen molar-refractivity contribution in [1.29, 1.82) is 0 Å². The van der Waals surface area contributed by atoms with Crippen molar-refractivity contribution >= 4 is 23.3 Å². The van der Waals surface area contributed by atoms with E-state index in [9.17, 15) is 14.4 Å². The predicted octanol–water partition coefficient (Wildman–Crippen LogP) is 3.73. The van der Waals surface area contributed by atoms with E-state index < -0.39 is 18.0 Å².